The van der Waals surface area contributed by atoms with Crippen molar-refractivity contribution in [3.63, 3.8) is 0 Å². The lowest BCUT2D eigenvalue weighted by Gasteiger charge is -2.40. The first kappa shape index (κ1) is 22.6. The fourth-order valence-electron chi connectivity index (χ4n) is 4.99. The fraction of sp³-hybridized carbons (Fsp3) is 0.696. The van der Waals surface area contributed by atoms with E-state index in [9.17, 15) is 4.79 Å². The molecule has 5 N–H and O–H groups in total. The van der Waals surface area contributed by atoms with Gasteiger partial charge in [-0.3, -0.25) is 20.8 Å². The molecule has 31 heavy (non-hydrogen) atoms. The highest BCUT2D eigenvalue weighted by atomic mass is 16.7. The summed E-state index contributed by atoms with van der Waals surface area (Å²) in [4.78, 5) is 16.8. The van der Waals surface area contributed by atoms with Crippen LogP contribution >= 0.6 is 0 Å². The minimum absolute atomic E-state index is 0.237. The van der Waals surface area contributed by atoms with Crippen LogP contribution in [-0.2, 0) is 20.9 Å². The Morgan fingerprint density at radius 2 is 1.77 bits per heavy atom. The average Bonchev–Trinajstić information content (AvgIpc) is 3.28. The van der Waals surface area contributed by atoms with Gasteiger partial charge in [-0.05, 0) is 29.9 Å². The number of piperazine rings is 1. The van der Waals surface area contributed by atoms with E-state index in [4.69, 9.17) is 9.57 Å². The van der Waals surface area contributed by atoms with Crippen molar-refractivity contribution in [2.75, 3.05) is 20.2 Å². The number of methoxy groups -OCH3 is 1. The van der Waals surface area contributed by atoms with Gasteiger partial charge in [0.15, 0.2) is 0 Å². The number of hydroxylamine groups is 1. The highest BCUT2D eigenvalue weighted by Gasteiger charge is 2.32. The van der Waals surface area contributed by atoms with E-state index in [-0.39, 0.29) is 6.17 Å². The molecule has 0 bridgehead atoms. The summed E-state index contributed by atoms with van der Waals surface area (Å²) >= 11 is 0. The first-order valence-electron chi connectivity index (χ1n) is 11.8. The molecule has 3 fully saturated rings. The lowest BCUT2D eigenvalue weighted by Crippen LogP contribution is -2.64. The maximum Gasteiger partial charge on any atom is 0.352 e. The molecule has 3 aliphatic rings. The van der Waals surface area contributed by atoms with Crippen molar-refractivity contribution in [1.29, 1.82) is 0 Å². The molecule has 1 aliphatic carbocycles. The van der Waals surface area contributed by atoms with Crippen molar-refractivity contribution in [2.24, 2.45) is 5.92 Å². The first-order valence-corrected chi connectivity index (χ1v) is 11.8. The molecular weight excluding hydrogens is 394 g/mol. The third-order valence-corrected chi connectivity index (χ3v) is 6.76. The van der Waals surface area contributed by atoms with Crippen LogP contribution in [-0.4, -0.2) is 44.6 Å². The smallest absolute Gasteiger partial charge is 0.352 e. The predicted octanol–water partition coefficient (Wildman–Crippen LogP) is 1.65. The van der Waals surface area contributed by atoms with Crippen LogP contribution in [0.5, 0.6) is 0 Å². The van der Waals surface area contributed by atoms with E-state index < -0.39 is 12.2 Å². The number of ether oxygens (including phenoxy) is 1. The second-order valence-electron chi connectivity index (χ2n) is 8.88. The minimum Gasteiger partial charge on any atom is -0.466 e. The van der Waals surface area contributed by atoms with E-state index in [0.29, 0.717) is 12.2 Å². The number of hydrogen-bond acceptors (Lipinski definition) is 8. The molecule has 0 amide bonds. The number of carbonyl (C=O) groups excluding carboxylic acids is 1. The van der Waals surface area contributed by atoms with E-state index in [0.717, 1.165) is 31.1 Å². The van der Waals surface area contributed by atoms with E-state index in [1.54, 1.807) is 0 Å². The molecule has 2 heterocycles. The van der Waals surface area contributed by atoms with Crippen molar-refractivity contribution in [3.05, 3.63) is 35.4 Å². The summed E-state index contributed by atoms with van der Waals surface area (Å²) in [6, 6.07) is 8.86. The summed E-state index contributed by atoms with van der Waals surface area (Å²) in [5.41, 5.74) is 5.09. The Bertz CT molecular complexity index is 693. The van der Waals surface area contributed by atoms with Crippen molar-refractivity contribution >= 4 is 5.97 Å². The third-order valence-electron chi connectivity index (χ3n) is 6.76. The van der Waals surface area contributed by atoms with Gasteiger partial charge in [-0.15, -0.1) is 0 Å². The van der Waals surface area contributed by atoms with Crippen LogP contribution in [0.15, 0.2) is 24.3 Å². The number of esters is 1. The Labute approximate surface area is 185 Å². The fourth-order valence-corrected chi connectivity index (χ4v) is 4.99. The molecule has 8 nitrogen and oxygen atoms in total. The molecule has 4 atom stereocenters. The Hall–Kier alpha value is -1.55. The van der Waals surface area contributed by atoms with E-state index in [1.807, 2.05) is 0 Å². The standard InChI is InChI=1S/C23H37N5O3/c1-30-23(29)22-27-20(28-31-22)18-11-9-16(10-12-18)15-26-21-19(24-13-14-25-21)17-7-5-3-2-4-6-8-17/h9-12,17,19-22,24-28H,2-8,13-15H2,1H3. The van der Waals surface area contributed by atoms with Crippen molar-refractivity contribution in [3.8, 4) is 0 Å². The summed E-state index contributed by atoms with van der Waals surface area (Å²) in [6.07, 6.45) is 8.85. The largest absolute Gasteiger partial charge is 0.466 e. The highest BCUT2D eigenvalue weighted by molar-refractivity contribution is 5.74. The van der Waals surface area contributed by atoms with Gasteiger partial charge in [0.05, 0.1) is 13.3 Å². The van der Waals surface area contributed by atoms with Crippen LogP contribution in [0, 0.1) is 5.92 Å². The summed E-state index contributed by atoms with van der Waals surface area (Å²) in [5.74, 6) is 0.304. The molecule has 4 rings (SSSR count). The van der Waals surface area contributed by atoms with Crippen LogP contribution in [0.25, 0.3) is 0 Å². The Morgan fingerprint density at radius 3 is 2.52 bits per heavy atom. The first-order chi connectivity index (χ1) is 15.2. The highest BCUT2D eigenvalue weighted by Crippen LogP contribution is 2.27. The molecule has 4 unspecified atom stereocenters. The normalized spacial score (nSPS) is 30.5. The van der Waals surface area contributed by atoms with Crippen molar-refractivity contribution in [2.45, 2.75) is 76.1 Å². The topological polar surface area (TPSA) is 95.7 Å². The molecule has 0 aromatic heterocycles. The molecule has 1 saturated carbocycles. The quantitative estimate of drug-likeness (QED) is 0.434. The second-order valence-corrected chi connectivity index (χ2v) is 8.88. The monoisotopic (exact) mass is 431 g/mol. The van der Waals surface area contributed by atoms with E-state index >= 15 is 0 Å². The van der Waals surface area contributed by atoms with E-state index in [2.05, 4.69) is 51.0 Å². The van der Waals surface area contributed by atoms with Gasteiger partial charge in [0.25, 0.3) is 0 Å². The van der Waals surface area contributed by atoms with Crippen LogP contribution < -0.4 is 26.7 Å². The molecule has 2 aliphatic heterocycles. The lowest BCUT2D eigenvalue weighted by molar-refractivity contribution is -0.155. The summed E-state index contributed by atoms with van der Waals surface area (Å²) < 4.78 is 4.71. The minimum atomic E-state index is -0.786. The number of benzene rings is 1. The Kier molecular flexibility index (Phi) is 8.29. The second kappa shape index (κ2) is 11.4. The van der Waals surface area contributed by atoms with Gasteiger partial charge < -0.3 is 10.1 Å². The van der Waals surface area contributed by atoms with Gasteiger partial charge in [0, 0.05) is 25.7 Å². The van der Waals surface area contributed by atoms with Crippen LogP contribution in [0.1, 0.15) is 62.2 Å². The molecule has 0 radical (unpaired) electrons. The number of carbonyl (C=O) groups is 1. The zero-order chi connectivity index (χ0) is 21.5. The van der Waals surface area contributed by atoms with Gasteiger partial charge in [-0.2, -0.15) is 5.48 Å². The Morgan fingerprint density at radius 1 is 1.06 bits per heavy atom. The Balaban J connectivity index is 1.30. The SMILES string of the molecule is COC(=O)C1NC(c2ccc(CNC3NCCNC3C3CCCCCCC3)cc2)NO1. The summed E-state index contributed by atoms with van der Waals surface area (Å²) in [6.45, 7) is 2.86. The zero-order valence-electron chi connectivity index (χ0n) is 18.5. The number of hydrogen-bond donors (Lipinski definition) is 5. The third kappa shape index (κ3) is 6.03. The maximum atomic E-state index is 11.6. The summed E-state index contributed by atoms with van der Waals surface area (Å²) in [5, 5.41) is 14.3. The van der Waals surface area contributed by atoms with Gasteiger partial charge in [0.1, 0.15) is 6.17 Å². The van der Waals surface area contributed by atoms with Crippen LogP contribution in [0.3, 0.4) is 0 Å². The molecule has 2 saturated heterocycles. The van der Waals surface area contributed by atoms with Crippen molar-refractivity contribution in [1.82, 2.24) is 26.7 Å². The zero-order valence-corrected chi connectivity index (χ0v) is 18.5. The van der Waals surface area contributed by atoms with Crippen LogP contribution in [0.2, 0.25) is 0 Å². The number of rotatable bonds is 6. The predicted molar refractivity (Wildman–Crippen MR) is 119 cm³/mol. The van der Waals surface area contributed by atoms with Gasteiger partial charge in [0.2, 0.25) is 6.23 Å². The van der Waals surface area contributed by atoms with Gasteiger partial charge in [-0.25, -0.2) is 4.79 Å². The molecule has 8 heteroatoms. The molecule has 0 spiro atoms. The molecule has 1 aromatic rings. The average molecular weight is 432 g/mol. The van der Waals surface area contributed by atoms with Gasteiger partial charge >= 0.3 is 5.97 Å². The molecular formula is C23H37N5O3. The van der Waals surface area contributed by atoms with Gasteiger partial charge in [-0.1, -0.05) is 56.4 Å². The molecule has 1 aromatic carbocycles. The van der Waals surface area contributed by atoms with Crippen LogP contribution in [0.4, 0.5) is 0 Å². The lowest BCUT2D eigenvalue weighted by atomic mass is 9.84. The van der Waals surface area contributed by atoms with E-state index in [1.165, 1.54) is 57.6 Å². The summed E-state index contributed by atoms with van der Waals surface area (Å²) in [7, 11) is 1.35. The maximum absolute atomic E-state index is 11.6. The van der Waals surface area contributed by atoms with Crippen molar-refractivity contribution < 1.29 is 14.4 Å². The molecule has 172 valence electrons. The number of nitrogens with one attached hydrogen (secondary N) is 5.